The third-order valence-electron chi connectivity index (χ3n) is 5.80. The number of esters is 1. The molecule has 0 spiro atoms. The molecule has 0 aliphatic carbocycles. The molecule has 3 heteroatoms. The van der Waals surface area contributed by atoms with E-state index in [0.717, 1.165) is 44.3 Å². The van der Waals surface area contributed by atoms with Crippen LogP contribution in [0.15, 0.2) is 109 Å². The van der Waals surface area contributed by atoms with Gasteiger partial charge in [0.15, 0.2) is 0 Å². The van der Waals surface area contributed by atoms with E-state index in [9.17, 15) is 4.79 Å². The predicted molar refractivity (Wildman–Crippen MR) is 140 cm³/mol. The molecule has 0 aromatic heterocycles. The maximum Gasteiger partial charge on any atom is 0.338 e. The Kier molecular flexibility index (Phi) is 6.65. The number of carbonyl (C=O) groups excluding carboxylic acids is 1. The van der Waals surface area contributed by atoms with Crippen LogP contribution in [0.4, 0.5) is 0 Å². The average Bonchev–Trinajstić information content (AvgIpc) is 2.84. The molecule has 0 aliphatic heterocycles. The average molecular weight is 449 g/mol. The summed E-state index contributed by atoms with van der Waals surface area (Å²) in [5.41, 5.74) is 5.78. The number of ether oxygens (including phenoxy) is 2. The van der Waals surface area contributed by atoms with Crippen molar-refractivity contribution >= 4 is 16.7 Å². The minimum absolute atomic E-state index is 0.0234. The second-order valence-electron chi connectivity index (χ2n) is 8.57. The van der Waals surface area contributed by atoms with Crippen LogP contribution >= 0.6 is 0 Å². The Morgan fingerprint density at radius 1 is 0.765 bits per heavy atom. The van der Waals surface area contributed by atoms with Crippen LogP contribution in [0.3, 0.4) is 0 Å². The van der Waals surface area contributed by atoms with Gasteiger partial charge in [0.1, 0.15) is 17.6 Å². The first-order valence-corrected chi connectivity index (χ1v) is 11.3. The molecule has 34 heavy (non-hydrogen) atoms. The van der Waals surface area contributed by atoms with E-state index in [4.69, 9.17) is 9.47 Å². The first-order chi connectivity index (χ1) is 16.3. The first-order valence-electron chi connectivity index (χ1n) is 11.3. The van der Waals surface area contributed by atoms with Gasteiger partial charge in [-0.25, -0.2) is 4.79 Å². The molecule has 0 heterocycles. The van der Waals surface area contributed by atoms with Crippen LogP contribution in [-0.2, 0) is 4.79 Å². The molecule has 0 amide bonds. The molecule has 0 radical (unpaired) electrons. The van der Waals surface area contributed by atoms with E-state index in [-0.39, 0.29) is 6.10 Å². The highest BCUT2D eigenvalue weighted by molar-refractivity contribution is 5.99. The van der Waals surface area contributed by atoms with Crippen molar-refractivity contribution in [1.29, 1.82) is 0 Å². The van der Waals surface area contributed by atoms with Gasteiger partial charge in [-0.05, 0) is 89.7 Å². The smallest absolute Gasteiger partial charge is 0.338 e. The number of benzene rings is 4. The molecule has 0 saturated carbocycles. The number of hydrogen-bond acceptors (Lipinski definition) is 3. The SMILES string of the molecule is C=C(C)C(=O)Oc1ccc(-c2cccc3ccc(-c4ccc(OC(C)C(=C)C)cc4)cc23)cc1. The minimum atomic E-state index is -0.423. The van der Waals surface area contributed by atoms with Crippen molar-refractivity contribution in [1.82, 2.24) is 0 Å². The summed E-state index contributed by atoms with van der Waals surface area (Å²) >= 11 is 0. The molecule has 0 saturated heterocycles. The zero-order valence-corrected chi connectivity index (χ0v) is 19.8. The molecule has 3 nitrogen and oxygen atoms in total. The Bertz CT molecular complexity index is 1360. The Hall–Kier alpha value is -4.11. The van der Waals surface area contributed by atoms with Crippen molar-refractivity contribution in [2.45, 2.75) is 26.9 Å². The number of rotatable bonds is 7. The first kappa shape index (κ1) is 23.1. The van der Waals surface area contributed by atoms with Gasteiger partial charge in [-0.2, -0.15) is 0 Å². The lowest BCUT2D eigenvalue weighted by Crippen LogP contribution is -2.12. The third-order valence-corrected chi connectivity index (χ3v) is 5.80. The lowest BCUT2D eigenvalue weighted by atomic mass is 9.95. The van der Waals surface area contributed by atoms with Crippen molar-refractivity contribution in [3.63, 3.8) is 0 Å². The Morgan fingerprint density at radius 3 is 2.03 bits per heavy atom. The summed E-state index contributed by atoms with van der Waals surface area (Å²) < 4.78 is 11.2. The van der Waals surface area contributed by atoms with Crippen LogP contribution in [-0.4, -0.2) is 12.1 Å². The summed E-state index contributed by atoms with van der Waals surface area (Å²) in [6.07, 6.45) is -0.0234. The molecule has 0 fully saturated rings. The fraction of sp³-hybridized carbons (Fsp3) is 0.129. The molecular weight excluding hydrogens is 420 g/mol. The van der Waals surface area contributed by atoms with E-state index in [1.165, 1.54) is 0 Å². The summed E-state index contributed by atoms with van der Waals surface area (Å²) in [6.45, 7) is 13.2. The summed E-state index contributed by atoms with van der Waals surface area (Å²) in [4.78, 5) is 11.8. The van der Waals surface area contributed by atoms with E-state index in [1.807, 2.05) is 50.2 Å². The van der Waals surface area contributed by atoms with Crippen LogP contribution in [0.1, 0.15) is 20.8 Å². The molecule has 4 aromatic rings. The highest BCUT2D eigenvalue weighted by atomic mass is 16.5. The lowest BCUT2D eigenvalue weighted by Gasteiger charge is -2.15. The van der Waals surface area contributed by atoms with Gasteiger partial charge in [-0.15, -0.1) is 0 Å². The monoisotopic (exact) mass is 448 g/mol. The minimum Gasteiger partial charge on any atom is -0.486 e. The summed E-state index contributed by atoms with van der Waals surface area (Å²) in [5, 5.41) is 2.32. The van der Waals surface area contributed by atoms with E-state index >= 15 is 0 Å². The van der Waals surface area contributed by atoms with E-state index in [2.05, 4.69) is 61.7 Å². The van der Waals surface area contributed by atoms with Gasteiger partial charge in [0.25, 0.3) is 0 Å². The van der Waals surface area contributed by atoms with Gasteiger partial charge in [0, 0.05) is 5.57 Å². The molecule has 1 atom stereocenters. The Balaban J connectivity index is 1.64. The Morgan fingerprint density at radius 2 is 1.38 bits per heavy atom. The van der Waals surface area contributed by atoms with Gasteiger partial charge < -0.3 is 9.47 Å². The number of fused-ring (bicyclic) bond motifs is 1. The van der Waals surface area contributed by atoms with E-state index < -0.39 is 5.97 Å². The Labute approximate surface area is 201 Å². The van der Waals surface area contributed by atoms with Crippen LogP contribution in [0.5, 0.6) is 11.5 Å². The highest BCUT2D eigenvalue weighted by Gasteiger charge is 2.09. The lowest BCUT2D eigenvalue weighted by molar-refractivity contribution is -0.130. The van der Waals surface area contributed by atoms with Gasteiger partial charge in [-0.1, -0.05) is 67.8 Å². The van der Waals surface area contributed by atoms with Gasteiger partial charge in [0.05, 0.1) is 0 Å². The summed E-state index contributed by atoms with van der Waals surface area (Å²) in [7, 11) is 0. The van der Waals surface area contributed by atoms with Crippen molar-refractivity contribution in [2.24, 2.45) is 0 Å². The zero-order valence-electron chi connectivity index (χ0n) is 19.8. The fourth-order valence-corrected chi connectivity index (χ4v) is 3.63. The highest BCUT2D eigenvalue weighted by Crippen LogP contribution is 2.33. The fourth-order valence-electron chi connectivity index (χ4n) is 3.63. The van der Waals surface area contributed by atoms with E-state index in [1.54, 1.807) is 6.92 Å². The topological polar surface area (TPSA) is 35.5 Å². The number of hydrogen-bond donors (Lipinski definition) is 0. The molecule has 0 aliphatic rings. The molecule has 0 bridgehead atoms. The molecular formula is C31H28O3. The van der Waals surface area contributed by atoms with Crippen LogP contribution < -0.4 is 9.47 Å². The van der Waals surface area contributed by atoms with Crippen LogP contribution in [0.25, 0.3) is 33.0 Å². The maximum absolute atomic E-state index is 11.8. The summed E-state index contributed by atoms with van der Waals surface area (Å²) in [6, 6.07) is 28.5. The van der Waals surface area contributed by atoms with Crippen molar-refractivity contribution in [3.05, 3.63) is 109 Å². The summed E-state index contributed by atoms with van der Waals surface area (Å²) in [5.74, 6) is 0.905. The molecule has 0 N–H and O–H groups in total. The van der Waals surface area contributed by atoms with E-state index in [0.29, 0.717) is 11.3 Å². The van der Waals surface area contributed by atoms with Gasteiger partial charge in [-0.3, -0.25) is 0 Å². The van der Waals surface area contributed by atoms with Crippen LogP contribution in [0.2, 0.25) is 0 Å². The van der Waals surface area contributed by atoms with Gasteiger partial charge in [0.2, 0.25) is 0 Å². The maximum atomic E-state index is 11.8. The normalized spacial score (nSPS) is 11.6. The second-order valence-corrected chi connectivity index (χ2v) is 8.57. The zero-order chi connectivity index (χ0) is 24.2. The van der Waals surface area contributed by atoms with Crippen molar-refractivity contribution < 1.29 is 14.3 Å². The molecule has 1 unspecified atom stereocenters. The van der Waals surface area contributed by atoms with Crippen molar-refractivity contribution in [3.8, 4) is 33.8 Å². The van der Waals surface area contributed by atoms with Crippen LogP contribution in [0, 0.1) is 0 Å². The largest absolute Gasteiger partial charge is 0.486 e. The third kappa shape index (κ3) is 5.10. The van der Waals surface area contributed by atoms with Crippen molar-refractivity contribution in [2.75, 3.05) is 0 Å². The predicted octanol–water partition coefficient (Wildman–Crippen LogP) is 8.00. The second kappa shape index (κ2) is 9.80. The standard InChI is InChI=1S/C31H28O3/c1-20(2)22(5)33-27-15-11-23(12-16-27)26-10-9-24-7-6-8-29(30(24)19-26)25-13-17-28(18-14-25)34-31(32)21(3)4/h6-19,22H,1,3H2,2,4-5H3. The molecule has 4 aromatic carbocycles. The quantitative estimate of drug-likeness (QED) is 0.124. The van der Waals surface area contributed by atoms with Gasteiger partial charge >= 0.3 is 5.97 Å². The number of carbonyl (C=O) groups is 1. The molecule has 170 valence electrons. The molecule has 4 rings (SSSR count).